The Bertz CT molecular complexity index is 504. The van der Waals surface area contributed by atoms with Crippen molar-refractivity contribution in [3.63, 3.8) is 0 Å². The zero-order valence-electron chi connectivity index (χ0n) is 12.5. The zero-order chi connectivity index (χ0) is 14.7. The van der Waals surface area contributed by atoms with Gasteiger partial charge in [0.2, 0.25) is 5.88 Å². The smallest absolute Gasteiger partial charge is 0.224 e. The van der Waals surface area contributed by atoms with Gasteiger partial charge in [0.25, 0.3) is 0 Å². The van der Waals surface area contributed by atoms with Crippen LogP contribution in [-0.2, 0) is 0 Å². The summed E-state index contributed by atoms with van der Waals surface area (Å²) in [5.74, 6) is 0.579. The summed E-state index contributed by atoms with van der Waals surface area (Å²) in [5, 5.41) is 0. The summed E-state index contributed by atoms with van der Waals surface area (Å²) in [5.41, 5.74) is 8.51. The number of aromatic nitrogens is 1. The van der Waals surface area contributed by atoms with Crippen LogP contribution in [0.3, 0.4) is 0 Å². The highest BCUT2D eigenvalue weighted by atomic mass is 32.1. The van der Waals surface area contributed by atoms with Crippen molar-refractivity contribution in [3.05, 3.63) is 22.9 Å². The van der Waals surface area contributed by atoms with Crippen LogP contribution in [0.15, 0.2) is 6.07 Å². The van der Waals surface area contributed by atoms with E-state index in [2.05, 4.69) is 16.9 Å². The molecule has 1 fully saturated rings. The van der Waals surface area contributed by atoms with Crippen molar-refractivity contribution >= 4 is 17.2 Å². The van der Waals surface area contributed by atoms with E-state index in [4.69, 9.17) is 22.7 Å². The molecule has 1 saturated heterocycles. The summed E-state index contributed by atoms with van der Waals surface area (Å²) < 4.78 is 5.87. The van der Waals surface area contributed by atoms with E-state index < -0.39 is 0 Å². The second kappa shape index (κ2) is 6.50. The molecule has 1 aliphatic heterocycles. The molecule has 20 heavy (non-hydrogen) atoms. The molecule has 110 valence electrons. The fourth-order valence-electron chi connectivity index (χ4n) is 2.84. The molecule has 0 saturated carbocycles. The summed E-state index contributed by atoms with van der Waals surface area (Å²) in [6, 6.07) is 2.60. The summed E-state index contributed by atoms with van der Waals surface area (Å²) in [6.45, 7) is 5.78. The lowest BCUT2D eigenvalue weighted by molar-refractivity contribution is 0.228. The van der Waals surface area contributed by atoms with Gasteiger partial charge >= 0.3 is 0 Å². The Labute approximate surface area is 126 Å². The summed E-state index contributed by atoms with van der Waals surface area (Å²) in [7, 11) is 2.17. The SMILES string of the molecule is Cc1cc(C)c(C(N)=S)c(OCCC2CCCN2C)n1. The number of thiocarbonyl (C=S) groups is 1. The molecule has 1 unspecified atom stereocenters. The highest BCUT2D eigenvalue weighted by Gasteiger charge is 2.21. The molecular weight excluding hydrogens is 270 g/mol. The molecule has 2 heterocycles. The average Bonchev–Trinajstić information content (AvgIpc) is 2.73. The molecule has 1 aromatic rings. The van der Waals surface area contributed by atoms with Gasteiger partial charge in [-0.2, -0.15) is 0 Å². The van der Waals surface area contributed by atoms with E-state index in [0.717, 1.165) is 23.2 Å². The topological polar surface area (TPSA) is 51.4 Å². The fraction of sp³-hybridized carbons (Fsp3) is 0.600. The van der Waals surface area contributed by atoms with Crippen LogP contribution in [-0.4, -0.2) is 41.1 Å². The zero-order valence-corrected chi connectivity index (χ0v) is 13.3. The number of hydrogen-bond acceptors (Lipinski definition) is 4. The van der Waals surface area contributed by atoms with Crippen LogP contribution in [0.4, 0.5) is 0 Å². The van der Waals surface area contributed by atoms with Gasteiger partial charge in [0.15, 0.2) is 0 Å². The Morgan fingerprint density at radius 1 is 1.55 bits per heavy atom. The van der Waals surface area contributed by atoms with E-state index in [1.807, 2.05) is 19.9 Å². The van der Waals surface area contributed by atoms with Crippen LogP contribution in [0.25, 0.3) is 0 Å². The third kappa shape index (κ3) is 3.46. The summed E-state index contributed by atoms with van der Waals surface area (Å²) in [6.07, 6.45) is 3.55. The largest absolute Gasteiger partial charge is 0.477 e. The molecule has 0 bridgehead atoms. The van der Waals surface area contributed by atoms with E-state index in [-0.39, 0.29) is 0 Å². The standard InChI is InChI=1S/C15H23N3OS/c1-10-9-11(2)17-15(13(10)14(16)20)19-8-6-12-5-4-7-18(12)3/h9,12H,4-8H2,1-3H3,(H2,16,20). The second-order valence-electron chi connectivity index (χ2n) is 5.54. The van der Waals surface area contributed by atoms with Crippen LogP contribution in [0, 0.1) is 13.8 Å². The predicted molar refractivity (Wildman–Crippen MR) is 85.4 cm³/mol. The van der Waals surface area contributed by atoms with Crippen LogP contribution >= 0.6 is 12.2 Å². The van der Waals surface area contributed by atoms with Gasteiger partial charge < -0.3 is 15.4 Å². The quantitative estimate of drug-likeness (QED) is 0.843. The van der Waals surface area contributed by atoms with E-state index in [9.17, 15) is 0 Å². The third-order valence-electron chi connectivity index (χ3n) is 3.92. The molecule has 1 aromatic heterocycles. The molecular formula is C15H23N3OS. The Hall–Kier alpha value is -1.20. The maximum atomic E-state index is 5.87. The Kier molecular flexibility index (Phi) is 4.94. The lowest BCUT2D eigenvalue weighted by Crippen LogP contribution is -2.27. The van der Waals surface area contributed by atoms with E-state index in [1.54, 1.807) is 0 Å². The third-order valence-corrected chi connectivity index (χ3v) is 4.12. The van der Waals surface area contributed by atoms with Crippen LogP contribution < -0.4 is 10.5 Å². The van der Waals surface area contributed by atoms with E-state index in [1.165, 1.54) is 19.4 Å². The molecule has 0 aliphatic carbocycles. The minimum atomic E-state index is 0.350. The van der Waals surface area contributed by atoms with Crippen molar-refractivity contribution in [1.29, 1.82) is 0 Å². The monoisotopic (exact) mass is 293 g/mol. The number of hydrogen-bond donors (Lipinski definition) is 1. The predicted octanol–water partition coefficient (Wildman–Crippen LogP) is 2.20. The first kappa shape index (κ1) is 15.2. The van der Waals surface area contributed by atoms with Crippen molar-refractivity contribution in [1.82, 2.24) is 9.88 Å². The molecule has 4 nitrogen and oxygen atoms in total. The molecule has 0 aromatic carbocycles. The normalized spacial score (nSPS) is 19.2. The Morgan fingerprint density at radius 3 is 2.90 bits per heavy atom. The number of likely N-dealkylation sites (tertiary alicyclic amines) is 1. The summed E-state index contributed by atoms with van der Waals surface area (Å²) in [4.78, 5) is 7.18. The maximum Gasteiger partial charge on any atom is 0.224 e. The minimum absolute atomic E-state index is 0.350. The van der Waals surface area contributed by atoms with Crippen LogP contribution in [0.1, 0.15) is 36.1 Å². The maximum absolute atomic E-state index is 5.87. The van der Waals surface area contributed by atoms with Gasteiger partial charge in [-0.3, -0.25) is 0 Å². The first-order valence-electron chi connectivity index (χ1n) is 7.10. The van der Waals surface area contributed by atoms with Crippen LogP contribution in [0.2, 0.25) is 0 Å². The highest BCUT2D eigenvalue weighted by Crippen LogP contribution is 2.22. The van der Waals surface area contributed by atoms with Gasteiger partial charge in [-0.25, -0.2) is 4.98 Å². The molecule has 2 rings (SSSR count). The van der Waals surface area contributed by atoms with Crippen molar-refractivity contribution in [2.75, 3.05) is 20.2 Å². The van der Waals surface area contributed by atoms with Crippen molar-refractivity contribution in [2.24, 2.45) is 5.73 Å². The lowest BCUT2D eigenvalue weighted by Gasteiger charge is -2.20. The van der Waals surface area contributed by atoms with Gasteiger partial charge in [-0.15, -0.1) is 0 Å². The van der Waals surface area contributed by atoms with Gasteiger partial charge in [-0.05, 0) is 58.3 Å². The average molecular weight is 293 g/mol. The summed E-state index contributed by atoms with van der Waals surface area (Å²) >= 11 is 5.11. The number of nitrogens with two attached hydrogens (primary N) is 1. The van der Waals surface area contributed by atoms with Crippen LogP contribution in [0.5, 0.6) is 5.88 Å². The first-order chi connectivity index (χ1) is 9.49. The second-order valence-corrected chi connectivity index (χ2v) is 5.98. The van der Waals surface area contributed by atoms with Crippen molar-refractivity contribution in [3.8, 4) is 5.88 Å². The van der Waals surface area contributed by atoms with Gasteiger partial charge in [0, 0.05) is 11.7 Å². The molecule has 0 spiro atoms. The van der Waals surface area contributed by atoms with Gasteiger partial charge in [0.05, 0.1) is 12.2 Å². The van der Waals surface area contributed by atoms with Crippen molar-refractivity contribution < 1.29 is 4.74 Å². The number of rotatable bonds is 5. The highest BCUT2D eigenvalue weighted by molar-refractivity contribution is 7.80. The number of pyridine rings is 1. The number of ether oxygens (including phenoxy) is 1. The molecule has 0 radical (unpaired) electrons. The molecule has 5 heteroatoms. The first-order valence-corrected chi connectivity index (χ1v) is 7.51. The van der Waals surface area contributed by atoms with E-state index >= 15 is 0 Å². The number of aryl methyl sites for hydroxylation is 2. The Morgan fingerprint density at radius 2 is 2.30 bits per heavy atom. The minimum Gasteiger partial charge on any atom is -0.477 e. The fourth-order valence-corrected chi connectivity index (χ4v) is 3.09. The van der Waals surface area contributed by atoms with Crippen molar-refractivity contribution in [2.45, 2.75) is 39.2 Å². The Balaban J connectivity index is 2.03. The number of nitrogens with zero attached hydrogens (tertiary/aromatic N) is 2. The van der Waals surface area contributed by atoms with Gasteiger partial charge in [-0.1, -0.05) is 12.2 Å². The molecule has 0 amide bonds. The lowest BCUT2D eigenvalue weighted by atomic mass is 10.1. The molecule has 1 aliphatic rings. The molecule has 2 N–H and O–H groups in total. The van der Waals surface area contributed by atoms with E-state index in [0.29, 0.717) is 23.5 Å². The van der Waals surface area contributed by atoms with Gasteiger partial charge in [0.1, 0.15) is 4.99 Å². The molecule has 1 atom stereocenters.